The van der Waals surface area contributed by atoms with Gasteiger partial charge in [0.25, 0.3) is 0 Å². The van der Waals surface area contributed by atoms with Crippen molar-refractivity contribution in [3.63, 3.8) is 0 Å². The van der Waals surface area contributed by atoms with Crippen LogP contribution >= 0.6 is 11.3 Å². The van der Waals surface area contributed by atoms with E-state index in [1.54, 1.807) is 24.9 Å². The molecule has 0 amide bonds. The van der Waals surface area contributed by atoms with E-state index in [1.807, 2.05) is 6.07 Å². The molecule has 14 heavy (non-hydrogen) atoms. The summed E-state index contributed by atoms with van der Waals surface area (Å²) < 4.78 is 4.96. The van der Waals surface area contributed by atoms with Gasteiger partial charge in [-0.3, -0.25) is 0 Å². The average molecular weight is 207 g/mol. The highest BCUT2D eigenvalue weighted by molar-refractivity contribution is 7.14. The molecule has 0 bridgehead atoms. The number of nitrogens with two attached hydrogens (primary N) is 1. The largest absolute Gasteiger partial charge is 0.481 e. The van der Waals surface area contributed by atoms with E-state index in [9.17, 15) is 0 Å². The third-order valence-electron chi connectivity index (χ3n) is 1.81. The number of anilines is 1. The zero-order valence-electron chi connectivity index (χ0n) is 7.60. The number of hydrogen-bond acceptors (Lipinski definition) is 5. The lowest BCUT2D eigenvalue weighted by molar-refractivity contribution is 0.398. The predicted octanol–water partition coefficient (Wildman–Crippen LogP) is 1.80. The van der Waals surface area contributed by atoms with Gasteiger partial charge in [0.15, 0.2) is 0 Å². The van der Waals surface area contributed by atoms with Crippen LogP contribution in [0.15, 0.2) is 23.8 Å². The predicted molar refractivity (Wildman–Crippen MR) is 56.3 cm³/mol. The minimum absolute atomic E-state index is 0.586. The van der Waals surface area contributed by atoms with Crippen molar-refractivity contribution in [2.24, 2.45) is 0 Å². The second-order valence-electron chi connectivity index (χ2n) is 2.65. The van der Waals surface area contributed by atoms with Crippen LogP contribution in [0.25, 0.3) is 11.3 Å². The fourth-order valence-electron chi connectivity index (χ4n) is 1.11. The zero-order chi connectivity index (χ0) is 9.97. The lowest BCUT2D eigenvalue weighted by Gasteiger charge is -2.00. The van der Waals surface area contributed by atoms with Crippen molar-refractivity contribution in [2.45, 2.75) is 0 Å². The maximum Gasteiger partial charge on any atom is 0.212 e. The van der Waals surface area contributed by atoms with Crippen LogP contribution in [0.3, 0.4) is 0 Å². The number of nitrogens with zero attached hydrogens (tertiary/aromatic N) is 2. The molecule has 0 fully saturated rings. The molecule has 2 heterocycles. The first-order chi connectivity index (χ1) is 6.81. The van der Waals surface area contributed by atoms with E-state index in [-0.39, 0.29) is 0 Å². The lowest BCUT2D eigenvalue weighted by Crippen LogP contribution is -1.89. The first-order valence-corrected chi connectivity index (χ1v) is 4.88. The molecule has 0 spiro atoms. The molecule has 2 N–H and O–H groups in total. The van der Waals surface area contributed by atoms with Crippen molar-refractivity contribution in [1.29, 1.82) is 0 Å². The van der Waals surface area contributed by atoms with E-state index in [2.05, 4.69) is 9.97 Å². The van der Waals surface area contributed by atoms with Crippen LogP contribution in [0.2, 0.25) is 0 Å². The lowest BCUT2D eigenvalue weighted by atomic mass is 10.2. The molecule has 0 aliphatic heterocycles. The summed E-state index contributed by atoms with van der Waals surface area (Å²) >= 11 is 1.42. The molecule has 72 valence electrons. The molecule has 0 radical (unpaired) electrons. The highest BCUT2D eigenvalue weighted by Gasteiger charge is 2.05. The Morgan fingerprint density at radius 3 is 2.71 bits per heavy atom. The molecule has 0 atom stereocenters. The summed E-state index contributed by atoms with van der Waals surface area (Å²) in [5, 5.41) is 0.706. The van der Waals surface area contributed by atoms with Crippen LogP contribution in [0.1, 0.15) is 0 Å². The Hall–Kier alpha value is -1.62. The van der Waals surface area contributed by atoms with Gasteiger partial charge in [-0.1, -0.05) is 0 Å². The van der Waals surface area contributed by atoms with Gasteiger partial charge in [-0.2, -0.15) is 0 Å². The van der Waals surface area contributed by atoms with Gasteiger partial charge in [-0.05, 0) is 6.07 Å². The third-order valence-corrected chi connectivity index (χ3v) is 2.47. The van der Waals surface area contributed by atoms with Crippen LogP contribution in [0, 0.1) is 0 Å². The van der Waals surface area contributed by atoms with Crippen LogP contribution in [0.5, 0.6) is 5.88 Å². The molecule has 0 aromatic carbocycles. The fraction of sp³-hybridized carbons (Fsp3) is 0.111. The molecule has 4 nitrogen and oxygen atoms in total. The monoisotopic (exact) mass is 207 g/mol. The Bertz CT molecular complexity index is 424. The smallest absolute Gasteiger partial charge is 0.212 e. The SMILES string of the molecule is COc1ccc(-c2ncsc2N)cn1. The van der Waals surface area contributed by atoms with Crippen LogP contribution in [0.4, 0.5) is 5.00 Å². The van der Waals surface area contributed by atoms with E-state index in [0.717, 1.165) is 11.3 Å². The molecule has 0 aliphatic carbocycles. The van der Waals surface area contributed by atoms with Gasteiger partial charge in [0, 0.05) is 17.8 Å². The Morgan fingerprint density at radius 2 is 2.21 bits per heavy atom. The maximum absolute atomic E-state index is 5.74. The number of thiazole rings is 1. The molecule has 2 rings (SSSR count). The van der Waals surface area contributed by atoms with Crippen molar-refractivity contribution in [3.05, 3.63) is 23.8 Å². The fourth-order valence-corrected chi connectivity index (χ4v) is 1.67. The van der Waals surface area contributed by atoms with E-state index < -0.39 is 0 Å². The van der Waals surface area contributed by atoms with Crippen LogP contribution in [-0.4, -0.2) is 17.1 Å². The standard InChI is InChI=1S/C9H9N3OS/c1-13-7-3-2-6(4-11-7)8-9(10)14-5-12-8/h2-5H,10H2,1H3. The summed E-state index contributed by atoms with van der Waals surface area (Å²) in [6, 6.07) is 3.67. The average Bonchev–Trinajstić information content (AvgIpc) is 2.65. The maximum atomic E-state index is 5.74. The number of nitrogen functional groups attached to an aromatic ring is 1. The van der Waals surface area contributed by atoms with Crippen molar-refractivity contribution in [1.82, 2.24) is 9.97 Å². The molecule has 2 aromatic heterocycles. The van der Waals surface area contributed by atoms with E-state index >= 15 is 0 Å². The van der Waals surface area contributed by atoms with Gasteiger partial charge in [0.1, 0.15) is 10.7 Å². The number of methoxy groups -OCH3 is 1. The minimum Gasteiger partial charge on any atom is -0.481 e. The quantitative estimate of drug-likeness (QED) is 0.815. The second-order valence-corrected chi connectivity index (χ2v) is 3.54. The second kappa shape index (κ2) is 3.63. The number of hydrogen-bond donors (Lipinski definition) is 1. The Morgan fingerprint density at radius 1 is 1.36 bits per heavy atom. The summed E-state index contributed by atoms with van der Waals surface area (Å²) in [5.74, 6) is 0.586. The summed E-state index contributed by atoms with van der Waals surface area (Å²) in [4.78, 5) is 8.24. The van der Waals surface area contributed by atoms with Gasteiger partial charge in [0.05, 0.1) is 12.6 Å². The molecule has 2 aromatic rings. The highest BCUT2D eigenvalue weighted by Crippen LogP contribution is 2.27. The molecular formula is C9H9N3OS. The van der Waals surface area contributed by atoms with E-state index in [0.29, 0.717) is 10.9 Å². The molecule has 0 saturated heterocycles. The zero-order valence-corrected chi connectivity index (χ0v) is 8.41. The topological polar surface area (TPSA) is 61.0 Å². The number of pyridine rings is 1. The summed E-state index contributed by atoms with van der Waals surface area (Å²) in [5.41, 5.74) is 9.15. The van der Waals surface area contributed by atoms with E-state index in [4.69, 9.17) is 10.5 Å². The van der Waals surface area contributed by atoms with Gasteiger partial charge in [-0.25, -0.2) is 9.97 Å². The molecule has 0 aliphatic rings. The Balaban J connectivity index is 2.39. The normalized spacial score (nSPS) is 10.1. The number of rotatable bonds is 2. The molecule has 0 unspecified atom stereocenters. The molecule has 5 heteroatoms. The third kappa shape index (κ3) is 1.54. The summed E-state index contributed by atoms with van der Waals surface area (Å²) in [7, 11) is 1.58. The van der Waals surface area contributed by atoms with Crippen molar-refractivity contribution >= 4 is 16.3 Å². The molecular weight excluding hydrogens is 198 g/mol. The van der Waals surface area contributed by atoms with Gasteiger partial charge in [-0.15, -0.1) is 11.3 Å². The first kappa shape index (κ1) is 8.96. The van der Waals surface area contributed by atoms with E-state index in [1.165, 1.54) is 11.3 Å². The molecule has 0 saturated carbocycles. The van der Waals surface area contributed by atoms with Gasteiger partial charge in [0.2, 0.25) is 5.88 Å². The minimum atomic E-state index is 0.586. The van der Waals surface area contributed by atoms with Gasteiger partial charge < -0.3 is 10.5 Å². The summed E-state index contributed by atoms with van der Waals surface area (Å²) in [6.45, 7) is 0. The van der Waals surface area contributed by atoms with Crippen molar-refractivity contribution < 1.29 is 4.74 Å². The highest BCUT2D eigenvalue weighted by atomic mass is 32.1. The summed E-state index contributed by atoms with van der Waals surface area (Å²) in [6.07, 6.45) is 1.70. The van der Waals surface area contributed by atoms with Crippen molar-refractivity contribution in [3.8, 4) is 17.1 Å². The first-order valence-electron chi connectivity index (χ1n) is 4.00. The Labute approximate surface area is 85.4 Å². The van der Waals surface area contributed by atoms with Crippen LogP contribution in [-0.2, 0) is 0 Å². The van der Waals surface area contributed by atoms with Crippen LogP contribution < -0.4 is 10.5 Å². The van der Waals surface area contributed by atoms with Crippen molar-refractivity contribution in [2.75, 3.05) is 12.8 Å². The number of ether oxygens (including phenoxy) is 1. The Kier molecular flexibility index (Phi) is 2.32. The number of aromatic nitrogens is 2. The van der Waals surface area contributed by atoms with Gasteiger partial charge >= 0.3 is 0 Å².